The third-order valence-electron chi connectivity index (χ3n) is 4.62. The minimum atomic E-state index is -0.0321. The van der Waals surface area contributed by atoms with Crippen LogP contribution in [-0.4, -0.2) is 26.9 Å². The molecule has 0 atom stereocenters. The number of benzene rings is 1. The first-order valence-electron chi connectivity index (χ1n) is 7.48. The van der Waals surface area contributed by atoms with Gasteiger partial charge in [-0.05, 0) is 25.0 Å². The summed E-state index contributed by atoms with van der Waals surface area (Å²) in [6, 6.07) is 3.92. The molecule has 2 aliphatic rings. The van der Waals surface area contributed by atoms with E-state index in [0.717, 1.165) is 35.7 Å². The van der Waals surface area contributed by atoms with Gasteiger partial charge in [0.2, 0.25) is 0 Å². The maximum Gasteiger partial charge on any atom is 0.168 e. The van der Waals surface area contributed by atoms with Crippen LogP contribution < -0.4 is 19.9 Å². The lowest BCUT2D eigenvalue weighted by atomic mass is 9.68. The summed E-state index contributed by atoms with van der Waals surface area (Å²) in [4.78, 5) is 0. The van der Waals surface area contributed by atoms with E-state index in [1.807, 2.05) is 12.1 Å². The molecule has 0 radical (unpaired) electrons. The molecule has 0 spiro atoms. The van der Waals surface area contributed by atoms with Crippen LogP contribution in [0.3, 0.4) is 0 Å². The first-order valence-corrected chi connectivity index (χ1v) is 7.48. The van der Waals surface area contributed by atoms with Crippen LogP contribution in [0.25, 0.3) is 0 Å². The molecule has 0 unspecified atom stereocenters. The van der Waals surface area contributed by atoms with E-state index in [1.54, 1.807) is 7.11 Å². The van der Waals surface area contributed by atoms with Gasteiger partial charge in [0, 0.05) is 17.5 Å². The number of fused-ring (bicyclic) bond motifs is 1. The summed E-state index contributed by atoms with van der Waals surface area (Å²) < 4.78 is 17.2. The Morgan fingerprint density at radius 3 is 2.60 bits per heavy atom. The van der Waals surface area contributed by atoms with Crippen molar-refractivity contribution in [1.82, 2.24) is 0 Å². The Morgan fingerprint density at radius 1 is 1.15 bits per heavy atom. The molecular weight excluding hydrogens is 254 g/mol. The van der Waals surface area contributed by atoms with E-state index in [1.165, 1.54) is 19.3 Å². The average molecular weight is 277 g/mol. The number of nitrogens with two attached hydrogens (primary N) is 1. The van der Waals surface area contributed by atoms with Gasteiger partial charge in [0.05, 0.1) is 7.11 Å². The van der Waals surface area contributed by atoms with Crippen LogP contribution in [0, 0.1) is 0 Å². The molecule has 1 aromatic carbocycles. The van der Waals surface area contributed by atoms with Gasteiger partial charge >= 0.3 is 0 Å². The van der Waals surface area contributed by atoms with Crippen LogP contribution in [-0.2, 0) is 5.41 Å². The van der Waals surface area contributed by atoms with Gasteiger partial charge < -0.3 is 19.9 Å². The first-order chi connectivity index (χ1) is 9.80. The summed E-state index contributed by atoms with van der Waals surface area (Å²) >= 11 is 0. The number of ether oxygens (including phenoxy) is 3. The summed E-state index contributed by atoms with van der Waals surface area (Å²) in [6.07, 6.45) is 5.91. The Labute approximate surface area is 120 Å². The number of hydrogen-bond acceptors (Lipinski definition) is 4. The molecule has 20 heavy (non-hydrogen) atoms. The van der Waals surface area contributed by atoms with E-state index in [4.69, 9.17) is 19.9 Å². The van der Waals surface area contributed by atoms with Crippen LogP contribution in [0.2, 0.25) is 0 Å². The lowest BCUT2D eigenvalue weighted by Crippen LogP contribution is -2.38. The fourth-order valence-electron chi connectivity index (χ4n) is 3.55. The van der Waals surface area contributed by atoms with Gasteiger partial charge in [-0.3, -0.25) is 0 Å². The monoisotopic (exact) mass is 277 g/mol. The van der Waals surface area contributed by atoms with Gasteiger partial charge in [0.1, 0.15) is 19.0 Å². The van der Waals surface area contributed by atoms with E-state index in [-0.39, 0.29) is 5.41 Å². The molecule has 1 saturated carbocycles. The van der Waals surface area contributed by atoms with Crippen LogP contribution >= 0.6 is 0 Å². The Bertz CT molecular complexity index is 481. The zero-order valence-electron chi connectivity index (χ0n) is 12.1. The summed E-state index contributed by atoms with van der Waals surface area (Å²) in [5.74, 6) is 2.55. The molecule has 0 aromatic heterocycles. The molecule has 1 aliphatic heterocycles. The van der Waals surface area contributed by atoms with Crippen LogP contribution in [0.4, 0.5) is 0 Å². The highest BCUT2D eigenvalue weighted by Crippen LogP contribution is 2.50. The average Bonchev–Trinajstić information content (AvgIpc) is 2.54. The lowest BCUT2D eigenvalue weighted by molar-refractivity contribution is 0.162. The topological polar surface area (TPSA) is 53.7 Å². The number of hydrogen-bond donors (Lipinski definition) is 1. The normalized spacial score (nSPS) is 20.5. The van der Waals surface area contributed by atoms with E-state index in [2.05, 4.69) is 0 Å². The fourth-order valence-corrected chi connectivity index (χ4v) is 3.55. The number of rotatable bonds is 3. The largest absolute Gasteiger partial charge is 0.496 e. The molecule has 2 N–H and O–H groups in total. The van der Waals surface area contributed by atoms with E-state index < -0.39 is 0 Å². The van der Waals surface area contributed by atoms with Crippen molar-refractivity contribution in [2.24, 2.45) is 5.73 Å². The molecule has 1 fully saturated rings. The van der Waals surface area contributed by atoms with E-state index in [9.17, 15) is 0 Å². The van der Waals surface area contributed by atoms with Crippen LogP contribution in [0.15, 0.2) is 12.1 Å². The highest BCUT2D eigenvalue weighted by atomic mass is 16.6. The van der Waals surface area contributed by atoms with Crippen LogP contribution in [0.5, 0.6) is 17.2 Å². The molecule has 0 amide bonds. The predicted octanol–water partition coefficient (Wildman–Crippen LogP) is 2.63. The molecule has 1 aromatic rings. The summed E-state index contributed by atoms with van der Waals surface area (Å²) in [5, 5.41) is 0. The van der Waals surface area contributed by atoms with Gasteiger partial charge in [-0.25, -0.2) is 0 Å². The van der Waals surface area contributed by atoms with Crippen molar-refractivity contribution in [3.05, 3.63) is 17.7 Å². The molecule has 1 heterocycles. The maximum absolute atomic E-state index is 6.18. The second kappa shape index (κ2) is 5.52. The summed E-state index contributed by atoms with van der Waals surface area (Å²) in [7, 11) is 1.71. The van der Waals surface area contributed by atoms with Crippen molar-refractivity contribution in [3.63, 3.8) is 0 Å². The Hall–Kier alpha value is -1.42. The minimum absolute atomic E-state index is 0.0321. The van der Waals surface area contributed by atoms with Gasteiger partial charge in [-0.2, -0.15) is 0 Å². The van der Waals surface area contributed by atoms with Gasteiger partial charge in [-0.15, -0.1) is 0 Å². The molecule has 110 valence electrons. The SMILES string of the molecule is COc1ccc2c(c1C1(CN)CCCCC1)OCCO2. The highest BCUT2D eigenvalue weighted by Gasteiger charge is 2.39. The second-order valence-electron chi connectivity index (χ2n) is 5.71. The van der Waals surface area contributed by atoms with Crippen molar-refractivity contribution in [3.8, 4) is 17.2 Å². The molecule has 0 bridgehead atoms. The molecule has 0 saturated heterocycles. The van der Waals surface area contributed by atoms with Crippen molar-refractivity contribution < 1.29 is 14.2 Å². The zero-order chi connectivity index (χ0) is 14.0. The van der Waals surface area contributed by atoms with Crippen molar-refractivity contribution in [2.75, 3.05) is 26.9 Å². The Morgan fingerprint density at radius 2 is 1.90 bits per heavy atom. The second-order valence-corrected chi connectivity index (χ2v) is 5.71. The summed E-state index contributed by atoms with van der Waals surface area (Å²) in [5.41, 5.74) is 7.27. The van der Waals surface area contributed by atoms with Gasteiger partial charge in [0.25, 0.3) is 0 Å². The van der Waals surface area contributed by atoms with Gasteiger partial charge in [0.15, 0.2) is 11.5 Å². The Balaban J connectivity index is 2.14. The zero-order valence-corrected chi connectivity index (χ0v) is 12.1. The first kappa shape index (κ1) is 13.6. The smallest absolute Gasteiger partial charge is 0.168 e. The van der Waals surface area contributed by atoms with E-state index >= 15 is 0 Å². The minimum Gasteiger partial charge on any atom is -0.496 e. The molecule has 4 nitrogen and oxygen atoms in total. The molecular formula is C16H23NO3. The van der Waals surface area contributed by atoms with Crippen molar-refractivity contribution >= 4 is 0 Å². The van der Waals surface area contributed by atoms with Gasteiger partial charge in [-0.1, -0.05) is 19.3 Å². The molecule has 3 rings (SSSR count). The lowest BCUT2D eigenvalue weighted by Gasteiger charge is -2.39. The highest BCUT2D eigenvalue weighted by molar-refractivity contribution is 5.58. The predicted molar refractivity (Wildman–Crippen MR) is 77.8 cm³/mol. The molecule has 4 heteroatoms. The van der Waals surface area contributed by atoms with Crippen molar-refractivity contribution in [1.29, 1.82) is 0 Å². The Kier molecular flexibility index (Phi) is 3.74. The maximum atomic E-state index is 6.18. The van der Waals surface area contributed by atoms with Crippen LogP contribution in [0.1, 0.15) is 37.7 Å². The number of methoxy groups -OCH3 is 1. The van der Waals surface area contributed by atoms with E-state index in [0.29, 0.717) is 19.8 Å². The standard InChI is InChI=1S/C16H23NO3/c1-18-12-5-6-13-15(20-10-9-19-13)14(12)16(11-17)7-3-2-4-8-16/h5-6H,2-4,7-11,17H2,1H3. The molecule has 1 aliphatic carbocycles. The fraction of sp³-hybridized carbons (Fsp3) is 0.625. The summed E-state index contributed by atoms with van der Waals surface area (Å²) in [6.45, 7) is 1.82. The van der Waals surface area contributed by atoms with Crippen molar-refractivity contribution in [2.45, 2.75) is 37.5 Å². The third-order valence-corrected chi connectivity index (χ3v) is 4.62. The quantitative estimate of drug-likeness (QED) is 0.922. The third kappa shape index (κ3) is 2.12.